The van der Waals surface area contributed by atoms with E-state index < -0.39 is 0 Å². The zero-order chi connectivity index (χ0) is 19.3. The van der Waals surface area contributed by atoms with Crippen molar-refractivity contribution in [3.63, 3.8) is 0 Å². The van der Waals surface area contributed by atoms with Gasteiger partial charge in [0.1, 0.15) is 5.82 Å². The first-order valence-electron chi connectivity index (χ1n) is 9.31. The fraction of sp³-hybridized carbons (Fsp3) is 0.238. The quantitative estimate of drug-likeness (QED) is 0.623. The molecule has 7 heteroatoms. The van der Waals surface area contributed by atoms with Crippen LogP contribution in [0.1, 0.15) is 52.8 Å². The van der Waals surface area contributed by atoms with Crippen molar-refractivity contribution in [2.75, 3.05) is 5.43 Å². The van der Waals surface area contributed by atoms with Crippen LogP contribution in [0, 0.1) is 5.82 Å². The van der Waals surface area contributed by atoms with Gasteiger partial charge >= 0.3 is 0 Å². The maximum atomic E-state index is 13.0. The second-order valence-electron chi connectivity index (χ2n) is 7.33. The van der Waals surface area contributed by atoms with Crippen molar-refractivity contribution >= 4 is 23.2 Å². The Morgan fingerprint density at radius 1 is 1.07 bits per heavy atom. The van der Waals surface area contributed by atoms with Crippen LogP contribution in [0.5, 0.6) is 0 Å². The lowest BCUT2D eigenvalue weighted by Gasteiger charge is -2.14. The van der Waals surface area contributed by atoms with Gasteiger partial charge in [0.15, 0.2) is 5.69 Å². The molecule has 5 nitrogen and oxygen atoms in total. The summed E-state index contributed by atoms with van der Waals surface area (Å²) < 4.78 is 14.9. The Morgan fingerprint density at radius 3 is 2.54 bits per heavy atom. The summed E-state index contributed by atoms with van der Waals surface area (Å²) in [6.07, 6.45) is 3.30. The summed E-state index contributed by atoms with van der Waals surface area (Å²) in [7, 11) is 0. The normalized spacial score (nSPS) is 19.5. The second kappa shape index (κ2) is 6.63. The van der Waals surface area contributed by atoms with Crippen molar-refractivity contribution in [2.24, 2.45) is 0 Å². The summed E-state index contributed by atoms with van der Waals surface area (Å²) in [6.45, 7) is 0. The molecule has 0 unspecified atom stereocenters. The molecule has 2 N–H and O–H groups in total. The van der Waals surface area contributed by atoms with E-state index in [1.807, 2.05) is 28.9 Å². The van der Waals surface area contributed by atoms with Crippen LogP contribution >= 0.6 is 11.6 Å². The summed E-state index contributed by atoms with van der Waals surface area (Å²) in [6, 6.07) is 13.3. The number of hydrogen-bond acceptors (Lipinski definition) is 3. The van der Waals surface area contributed by atoms with Crippen LogP contribution in [-0.4, -0.2) is 15.7 Å². The van der Waals surface area contributed by atoms with E-state index in [4.69, 9.17) is 11.6 Å². The Bertz CT molecular complexity index is 1050. The number of nitrogens with zero attached hydrogens (tertiary/aromatic N) is 2. The van der Waals surface area contributed by atoms with E-state index in [1.165, 1.54) is 12.1 Å². The zero-order valence-electron chi connectivity index (χ0n) is 15.0. The maximum absolute atomic E-state index is 13.0. The lowest BCUT2D eigenvalue weighted by atomic mass is 9.95. The fourth-order valence-corrected chi connectivity index (χ4v) is 4.52. The van der Waals surface area contributed by atoms with Crippen molar-refractivity contribution in [3.8, 4) is 5.69 Å². The van der Waals surface area contributed by atoms with Gasteiger partial charge in [0.25, 0.3) is 5.91 Å². The Hall–Kier alpha value is -2.86. The number of hydrogen-bond donors (Lipinski definition) is 2. The smallest absolute Gasteiger partial charge is 0.290 e. The molecule has 1 heterocycles. The first-order chi connectivity index (χ1) is 13.6. The molecule has 2 aliphatic rings. The number of halogens is 2. The second-order valence-corrected chi connectivity index (χ2v) is 7.77. The molecular weight excluding hydrogens is 379 g/mol. The number of nitrogens with one attached hydrogen (secondary N) is 2. The average Bonchev–Trinajstić information content (AvgIpc) is 3.41. The van der Waals surface area contributed by atoms with Crippen molar-refractivity contribution in [2.45, 2.75) is 31.1 Å². The number of benzene rings is 2. The third kappa shape index (κ3) is 2.85. The minimum Gasteiger partial charge on any atom is -0.298 e. The predicted octanol–water partition coefficient (Wildman–Crippen LogP) is 4.79. The first-order valence-corrected chi connectivity index (χ1v) is 9.68. The predicted molar refractivity (Wildman–Crippen MR) is 105 cm³/mol. The molecule has 0 radical (unpaired) electrons. The summed E-state index contributed by atoms with van der Waals surface area (Å²) in [5.41, 5.74) is 9.68. The van der Waals surface area contributed by atoms with E-state index in [2.05, 4.69) is 16.0 Å². The summed E-state index contributed by atoms with van der Waals surface area (Å²) >= 11 is 6.02. The van der Waals surface area contributed by atoms with Gasteiger partial charge in [-0.2, -0.15) is 5.10 Å². The van der Waals surface area contributed by atoms with Crippen molar-refractivity contribution < 1.29 is 9.18 Å². The van der Waals surface area contributed by atoms with Crippen LogP contribution in [0.25, 0.3) is 5.69 Å². The van der Waals surface area contributed by atoms with Crippen LogP contribution in [-0.2, 0) is 0 Å². The lowest BCUT2D eigenvalue weighted by Crippen LogP contribution is -2.30. The molecule has 28 heavy (non-hydrogen) atoms. The molecule has 2 bridgehead atoms. The maximum Gasteiger partial charge on any atom is 0.290 e. The van der Waals surface area contributed by atoms with Gasteiger partial charge in [0, 0.05) is 16.5 Å². The summed E-state index contributed by atoms with van der Waals surface area (Å²) in [5.74, 6) is 0.204. The summed E-state index contributed by atoms with van der Waals surface area (Å²) in [4.78, 5) is 12.9. The van der Waals surface area contributed by atoms with Gasteiger partial charge in [-0.25, -0.2) is 9.07 Å². The highest BCUT2D eigenvalue weighted by Crippen LogP contribution is 2.54. The number of aromatic nitrogens is 2. The van der Waals surface area contributed by atoms with Gasteiger partial charge in [-0.15, -0.1) is 0 Å². The van der Waals surface area contributed by atoms with Crippen LogP contribution in [0.3, 0.4) is 0 Å². The molecule has 5 rings (SSSR count). The highest BCUT2D eigenvalue weighted by molar-refractivity contribution is 6.30. The van der Waals surface area contributed by atoms with Gasteiger partial charge in [0.2, 0.25) is 0 Å². The van der Waals surface area contributed by atoms with Gasteiger partial charge in [-0.1, -0.05) is 11.6 Å². The molecule has 0 saturated heterocycles. The lowest BCUT2D eigenvalue weighted by molar-refractivity contribution is 0.0956. The summed E-state index contributed by atoms with van der Waals surface area (Å²) in [5, 5.41) is 5.32. The van der Waals surface area contributed by atoms with E-state index in [9.17, 15) is 9.18 Å². The molecular formula is C21H18ClFN4O. The van der Waals surface area contributed by atoms with Crippen LogP contribution in [0.4, 0.5) is 10.1 Å². The minimum absolute atomic E-state index is 0.291. The van der Waals surface area contributed by atoms with E-state index in [0.717, 1.165) is 36.2 Å². The van der Waals surface area contributed by atoms with E-state index in [0.29, 0.717) is 28.2 Å². The highest BCUT2D eigenvalue weighted by atomic mass is 35.5. The number of amides is 1. The fourth-order valence-electron chi connectivity index (χ4n) is 4.40. The van der Waals surface area contributed by atoms with Gasteiger partial charge in [0.05, 0.1) is 17.1 Å². The highest BCUT2D eigenvalue weighted by Gasteiger charge is 2.44. The Morgan fingerprint density at radius 2 is 1.79 bits per heavy atom. The molecule has 1 aromatic heterocycles. The van der Waals surface area contributed by atoms with Crippen LogP contribution in [0.2, 0.25) is 5.02 Å². The molecule has 1 fully saturated rings. The first kappa shape index (κ1) is 17.3. The molecule has 2 atom stereocenters. The number of carbonyl (C=O) groups is 1. The Labute approximate surface area is 166 Å². The standard InChI is InChI=1S/C21H18ClFN4O/c22-14-3-9-17(10-4-14)27-20-13-2-1-12(11-13)18(20)19(26-27)21(28)25-24-16-7-5-15(23)6-8-16/h3-10,12-13,24H,1-2,11H2,(H,25,28)/t12-,13-/m0/s1. The number of anilines is 1. The van der Waals surface area contributed by atoms with Gasteiger partial charge < -0.3 is 0 Å². The van der Waals surface area contributed by atoms with Crippen molar-refractivity contribution in [3.05, 3.63) is 76.3 Å². The molecule has 1 saturated carbocycles. The molecule has 0 aliphatic heterocycles. The zero-order valence-corrected chi connectivity index (χ0v) is 15.7. The molecule has 0 spiro atoms. The SMILES string of the molecule is O=C(NNc1ccc(F)cc1)c1nn(-c2ccc(Cl)cc2)c2c1[C@H]1CC[C@H]2C1. The van der Waals surface area contributed by atoms with E-state index >= 15 is 0 Å². The topological polar surface area (TPSA) is 59.0 Å². The minimum atomic E-state index is -0.326. The average molecular weight is 397 g/mol. The van der Waals surface area contributed by atoms with Gasteiger partial charge in [-0.05, 0) is 73.7 Å². The number of carbonyl (C=O) groups excluding carboxylic acids is 1. The third-order valence-electron chi connectivity index (χ3n) is 5.64. The Balaban J connectivity index is 1.47. The molecule has 2 aromatic carbocycles. The number of hydrazine groups is 1. The van der Waals surface area contributed by atoms with E-state index in [-0.39, 0.29) is 11.7 Å². The van der Waals surface area contributed by atoms with Crippen molar-refractivity contribution in [1.82, 2.24) is 15.2 Å². The molecule has 1 amide bonds. The van der Waals surface area contributed by atoms with Crippen LogP contribution in [0.15, 0.2) is 48.5 Å². The van der Waals surface area contributed by atoms with Crippen LogP contribution < -0.4 is 10.9 Å². The largest absolute Gasteiger partial charge is 0.298 e. The van der Waals surface area contributed by atoms with Crippen molar-refractivity contribution in [1.29, 1.82) is 0 Å². The monoisotopic (exact) mass is 396 g/mol. The molecule has 2 aliphatic carbocycles. The third-order valence-corrected chi connectivity index (χ3v) is 5.89. The molecule has 142 valence electrons. The van der Waals surface area contributed by atoms with E-state index in [1.54, 1.807) is 12.1 Å². The number of rotatable bonds is 4. The van der Waals surface area contributed by atoms with Gasteiger partial charge in [-0.3, -0.25) is 15.6 Å². The molecule has 3 aromatic rings. The number of fused-ring (bicyclic) bond motifs is 5. The Kier molecular flexibility index (Phi) is 4.09.